The highest BCUT2D eigenvalue weighted by atomic mass is 32.1. The molecule has 1 amide bonds. The van der Waals surface area contributed by atoms with Gasteiger partial charge in [0.25, 0.3) is 0 Å². The molecule has 0 bridgehead atoms. The summed E-state index contributed by atoms with van der Waals surface area (Å²) in [6, 6.07) is 11.0. The van der Waals surface area contributed by atoms with Gasteiger partial charge < -0.3 is 19.9 Å². The third kappa shape index (κ3) is 3.93. The number of halogens is 1. The first-order valence-corrected chi connectivity index (χ1v) is 10.9. The molecule has 1 aliphatic rings. The van der Waals surface area contributed by atoms with E-state index in [-0.39, 0.29) is 23.3 Å². The SMILES string of the molecule is COc1cccc([C@H]2CC(=O)Nc3c2sc(C(=O)O)c3-c2ccc(F)cc2)c1OC(C)C. The molecular weight excluding hydrogens is 433 g/mol. The molecule has 166 valence electrons. The predicted octanol–water partition coefficient (Wildman–Crippen LogP) is 5.52. The van der Waals surface area contributed by atoms with Gasteiger partial charge in [0.15, 0.2) is 11.5 Å². The Balaban J connectivity index is 1.94. The normalized spacial score (nSPS) is 15.3. The van der Waals surface area contributed by atoms with Crippen LogP contribution in [0.2, 0.25) is 0 Å². The molecule has 0 saturated carbocycles. The van der Waals surface area contributed by atoms with Crippen LogP contribution in [0, 0.1) is 5.82 Å². The molecule has 0 spiro atoms. The van der Waals surface area contributed by atoms with Crippen LogP contribution in [0.1, 0.15) is 46.3 Å². The molecule has 2 N–H and O–H groups in total. The van der Waals surface area contributed by atoms with Gasteiger partial charge >= 0.3 is 5.97 Å². The molecule has 0 unspecified atom stereocenters. The van der Waals surface area contributed by atoms with Crippen LogP contribution in [-0.4, -0.2) is 30.2 Å². The Labute approximate surface area is 188 Å². The molecule has 4 rings (SSSR count). The van der Waals surface area contributed by atoms with E-state index in [0.717, 1.165) is 16.9 Å². The molecule has 2 heterocycles. The highest BCUT2D eigenvalue weighted by Gasteiger charge is 2.36. The number of thiophene rings is 1. The van der Waals surface area contributed by atoms with Crippen molar-refractivity contribution in [3.8, 4) is 22.6 Å². The number of methoxy groups -OCH3 is 1. The fraction of sp³-hybridized carbons (Fsp3) is 0.250. The highest BCUT2D eigenvalue weighted by molar-refractivity contribution is 7.15. The van der Waals surface area contributed by atoms with E-state index in [1.807, 2.05) is 26.0 Å². The van der Waals surface area contributed by atoms with Gasteiger partial charge in [-0.25, -0.2) is 9.18 Å². The van der Waals surface area contributed by atoms with E-state index < -0.39 is 17.7 Å². The number of nitrogens with one attached hydrogen (secondary N) is 1. The van der Waals surface area contributed by atoms with Gasteiger partial charge in [-0.3, -0.25) is 4.79 Å². The van der Waals surface area contributed by atoms with E-state index in [0.29, 0.717) is 33.2 Å². The molecule has 0 saturated heterocycles. The summed E-state index contributed by atoms with van der Waals surface area (Å²) >= 11 is 1.11. The number of carboxylic acids is 1. The Kier molecular flexibility index (Phi) is 5.88. The third-order valence-electron chi connectivity index (χ3n) is 5.19. The van der Waals surface area contributed by atoms with Gasteiger partial charge in [0.2, 0.25) is 5.91 Å². The second-order valence-electron chi connectivity index (χ2n) is 7.71. The summed E-state index contributed by atoms with van der Waals surface area (Å²) in [5.41, 5.74) is 2.09. The minimum Gasteiger partial charge on any atom is -0.493 e. The molecule has 0 aliphatic carbocycles. The first kappa shape index (κ1) is 21.8. The summed E-state index contributed by atoms with van der Waals surface area (Å²) in [5.74, 6) is -1.12. The Morgan fingerprint density at radius 3 is 2.56 bits per heavy atom. The second-order valence-corrected chi connectivity index (χ2v) is 8.76. The fourth-order valence-corrected chi connectivity index (χ4v) is 5.15. The maximum absolute atomic E-state index is 13.5. The van der Waals surface area contributed by atoms with E-state index in [1.54, 1.807) is 13.2 Å². The third-order valence-corrected chi connectivity index (χ3v) is 6.48. The van der Waals surface area contributed by atoms with Crippen molar-refractivity contribution in [3.63, 3.8) is 0 Å². The molecule has 1 aromatic heterocycles. The number of rotatable bonds is 6. The van der Waals surface area contributed by atoms with Crippen LogP contribution in [0.3, 0.4) is 0 Å². The Hall–Kier alpha value is -3.39. The Bertz CT molecular complexity index is 1190. The van der Waals surface area contributed by atoms with Crippen molar-refractivity contribution in [2.75, 3.05) is 12.4 Å². The monoisotopic (exact) mass is 455 g/mol. The Morgan fingerprint density at radius 2 is 1.94 bits per heavy atom. The summed E-state index contributed by atoms with van der Waals surface area (Å²) in [7, 11) is 1.55. The van der Waals surface area contributed by atoms with E-state index >= 15 is 0 Å². The quantitative estimate of drug-likeness (QED) is 0.511. The summed E-state index contributed by atoms with van der Waals surface area (Å²) in [4.78, 5) is 25.6. The second kappa shape index (κ2) is 8.63. The van der Waals surface area contributed by atoms with Crippen LogP contribution in [0.15, 0.2) is 42.5 Å². The minimum absolute atomic E-state index is 0.0861. The maximum atomic E-state index is 13.5. The lowest BCUT2D eigenvalue weighted by molar-refractivity contribution is -0.116. The molecule has 8 heteroatoms. The van der Waals surface area contributed by atoms with Gasteiger partial charge in [0.05, 0.1) is 18.9 Å². The van der Waals surface area contributed by atoms with Crippen molar-refractivity contribution in [1.82, 2.24) is 0 Å². The number of carbonyl (C=O) groups is 2. The van der Waals surface area contributed by atoms with Crippen LogP contribution in [0.25, 0.3) is 11.1 Å². The van der Waals surface area contributed by atoms with Gasteiger partial charge in [0, 0.05) is 28.3 Å². The lowest BCUT2D eigenvalue weighted by atomic mass is 9.88. The zero-order valence-corrected chi connectivity index (χ0v) is 18.6. The molecule has 1 aliphatic heterocycles. The van der Waals surface area contributed by atoms with Crippen molar-refractivity contribution in [1.29, 1.82) is 0 Å². The molecule has 6 nitrogen and oxygen atoms in total. The van der Waals surface area contributed by atoms with Gasteiger partial charge in [-0.2, -0.15) is 0 Å². The minimum atomic E-state index is -1.11. The lowest BCUT2D eigenvalue weighted by Gasteiger charge is -2.27. The molecule has 2 aromatic carbocycles. The molecule has 0 radical (unpaired) electrons. The van der Waals surface area contributed by atoms with Crippen molar-refractivity contribution in [2.45, 2.75) is 32.3 Å². The number of amides is 1. The van der Waals surface area contributed by atoms with Gasteiger partial charge in [-0.15, -0.1) is 11.3 Å². The number of hydrogen-bond acceptors (Lipinski definition) is 5. The molecule has 3 aromatic rings. The number of fused-ring (bicyclic) bond motifs is 1. The van der Waals surface area contributed by atoms with Crippen molar-refractivity contribution >= 4 is 28.9 Å². The van der Waals surface area contributed by atoms with Gasteiger partial charge in [-0.05, 0) is 37.6 Å². The topological polar surface area (TPSA) is 84.9 Å². The van der Waals surface area contributed by atoms with Crippen molar-refractivity contribution in [3.05, 3.63) is 63.6 Å². The zero-order valence-electron chi connectivity index (χ0n) is 17.8. The smallest absolute Gasteiger partial charge is 0.346 e. The number of benzene rings is 2. The molecular formula is C24H22FNO5S. The Morgan fingerprint density at radius 1 is 1.22 bits per heavy atom. The number of carboxylic acid groups (broad SMARTS) is 1. The summed E-state index contributed by atoms with van der Waals surface area (Å²) < 4.78 is 25.0. The number of aromatic carboxylic acids is 1. The molecule has 1 atom stereocenters. The van der Waals surface area contributed by atoms with Crippen molar-refractivity contribution < 1.29 is 28.6 Å². The van der Waals surface area contributed by atoms with Crippen LogP contribution in [0.4, 0.5) is 10.1 Å². The lowest BCUT2D eigenvalue weighted by Crippen LogP contribution is -2.23. The molecule has 0 fully saturated rings. The average molecular weight is 456 g/mol. The van der Waals surface area contributed by atoms with E-state index in [9.17, 15) is 19.1 Å². The largest absolute Gasteiger partial charge is 0.493 e. The van der Waals surface area contributed by atoms with E-state index in [2.05, 4.69) is 5.32 Å². The predicted molar refractivity (Wildman–Crippen MR) is 121 cm³/mol. The van der Waals surface area contributed by atoms with Crippen LogP contribution in [0.5, 0.6) is 11.5 Å². The number of hydrogen-bond donors (Lipinski definition) is 2. The maximum Gasteiger partial charge on any atom is 0.346 e. The fourth-order valence-electron chi connectivity index (χ4n) is 3.91. The van der Waals surface area contributed by atoms with Gasteiger partial charge in [-0.1, -0.05) is 24.3 Å². The highest BCUT2D eigenvalue weighted by Crippen LogP contribution is 2.52. The average Bonchev–Trinajstić information content (AvgIpc) is 3.13. The van der Waals surface area contributed by atoms with Crippen LogP contribution >= 0.6 is 11.3 Å². The summed E-state index contributed by atoms with van der Waals surface area (Å²) in [6.45, 7) is 3.80. The number of ether oxygens (including phenoxy) is 2. The van der Waals surface area contributed by atoms with E-state index in [4.69, 9.17) is 9.47 Å². The van der Waals surface area contributed by atoms with E-state index in [1.165, 1.54) is 24.3 Å². The van der Waals surface area contributed by atoms with Gasteiger partial charge in [0.1, 0.15) is 10.7 Å². The molecule has 32 heavy (non-hydrogen) atoms. The first-order chi connectivity index (χ1) is 15.3. The zero-order chi connectivity index (χ0) is 23.0. The van der Waals surface area contributed by atoms with Crippen LogP contribution < -0.4 is 14.8 Å². The first-order valence-electron chi connectivity index (χ1n) is 10.1. The summed E-state index contributed by atoms with van der Waals surface area (Å²) in [5, 5.41) is 12.7. The summed E-state index contributed by atoms with van der Waals surface area (Å²) in [6.07, 6.45) is 0.00599. The number of carbonyl (C=O) groups excluding carboxylic acids is 1. The number of anilines is 1. The standard InChI is InChI=1S/C24H22FNO5S/c1-12(2)31-21-15(5-4-6-17(21)30-3)16-11-18(27)26-20-19(13-7-9-14(25)10-8-13)23(24(28)29)32-22(16)20/h4-10,12,16H,11H2,1-3H3,(H,26,27)(H,28,29)/t16-/m1/s1. The van der Waals surface area contributed by atoms with Crippen molar-refractivity contribution in [2.24, 2.45) is 0 Å². The van der Waals surface area contributed by atoms with Crippen LogP contribution in [-0.2, 0) is 4.79 Å². The number of para-hydroxylation sites is 1.